The van der Waals surface area contributed by atoms with E-state index in [9.17, 15) is 5.11 Å². The van der Waals surface area contributed by atoms with Crippen molar-refractivity contribution < 1.29 is 9.84 Å². The fraction of sp³-hybridized carbons (Fsp3) is 0.522. The Morgan fingerprint density at radius 3 is 2.41 bits per heavy atom. The predicted molar refractivity (Wildman–Crippen MR) is 116 cm³/mol. The Morgan fingerprint density at radius 2 is 1.79 bits per heavy atom. The summed E-state index contributed by atoms with van der Waals surface area (Å²) in [5.74, 6) is 0.735. The van der Waals surface area contributed by atoms with Crippen LogP contribution in [0.2, 0.25) is 0 Å². The van der Waals surface area contributed by atoms with Crippen LogP contribution in [0.4, 0.5) is 0 Å². The molecule has 29 heavy (non-hydrogen) atoms. The molecule has 6 nitrogen and oxygen atoms in total. The molecule has 3 heterocycles. The number of fused-ring (bicyclic) bond motifs is 1. The number of ether oxygens (including phenoxy) is 1. The minimum Gasteiger partial charge on any atom is -0.478 e. The van der Waals surface area contributed by atoms with E-state index < -0.39 is 0 Å². The summed E-state index contributed by atoms with van der Waals surface area (Å²) >= 11 is 0. The first-order chi connectivity index (χ1) is 14.1. The standard InChI is InChI=1S/C23H32N4O2/c1-6-10-15(14-28)17-13-27(5)23-22(17)25-19(8-3)21(26-23)16-11-12-20(29-9-4)24-18(16)7-2/h11-13,15,28H,6-10,14H2,1-5H3. The van der Waals surface area contributed by atoms with Crippen molar-refractivity contribution in [1.29, 1.82) is 0 Å². The highest BCUT2D eigenvalue weighted by Crippen LogP contribution is 2.32. The third kappa shape index (κ3) is 4.13. The Bertz CT molecular complexity index is 981. The van der Waals surface area contributed by atoms with E-state index in [1.54, 1.807) is 0 Å². The number of nitrogens with zero attached hydrogens (tertiary/aromatic N) is 4. The molecule has 1 unspecified atom stereocenters. The highest BCUT2D eigenvalue weighted by atomic mass is 16.5. The summed E-state index contributed by atoms with van der Waals surface area (Å²) in [4.78, 5) is 14.7. The maximum atomic E-state index is 9.90. The number of aliphatic hydroxyl groups is 1. The molecule has 1 N–H and O–H groups in total. The quantitative estimate of drug-likeness (QED) is 0.579. The monoisotopic (exact) mass is 396 g/mol. The largest absolute Gasteiger partial charge is 0.478 e. The number of hydrogen-bond donors (Lipinski definition) is 1. The first kappa shape index (κ1) is 21.2. The third-order valence-corrected chi connectivity index (χ3v) is 5.35. The molecule has 156 valence electrons. The topological polar surface area (TPSA) is 73.1 Å². The van der Waals surface area contributed by atoms with Crippen LogP contribution in [0.15, 0.2) is 18.3 Å². The van der Waals surface area contributed by atoms with Gasteiger partial charge in [-0.15, -0.1) is 0 Å². The van der Waals surface area contributed by atoms with Gasteiger partial charge in [0, 0.05) is 36.4 Å². The number of rotatable bonds is 9. The van der Waals surface area contributed by atoms with Gasteiger partial charge in [-0.3, -0.25) is 0 Å². The van der Waals surface area contributed by atoms with Crippen LogP contribution in [-0.4, -0.2) is 37.8 Å². The maximum absolute atomic E-state index is 9.90. The predicted octanol–water partition coefficient (Wildman–Crippen LogP) is 4.43. The van der Waals surface area contributed by atoms with Gasteiger partial charge in [-0.2, -0.15) is 0 Å². The SMILES string of the molecule is CCCC(CO)c1cn(C)c2nc(-c3ccc(OCC)nc3CC)c(CC)nc12. The maximum Gasteiger partial charge on any atom is 0.213 e. The van der Waals surface area contributed by atoms with Crippen LogP contribution < -0.4 is 4.74 Å². The molecule has 0 aliphatic rings. The highest BCUT2D eigenvalue weighted by Gasteiger charge is 2.21. The Kier molecular flexibility index (Phi) is 6.85. The summed E-state index contributed by atoms with van der Waals surface area (Å²) in [6.45, 7) is 9.01. The molecule has 0 radical (unpaired) electrons. The van der Waals surface area contributed by atoms with Crippen LogP contribution >= 0.6 is 0 Å². The second kappa shape index (κ2) is 9.35. The molecule has 0 amide bonds. The van der Waals surface area contributed by atoms with Crippen LogP contribution in [0.1, 0.15) is 63.4 Å². The summed E-state index contributed by atoms with van der Waals surface area (Å²) < 4.78 is 7.60. The van der Waals surface area contributed by atoms with Gasteiger partial charge in [0.05, 0.1) is 30.3 Å². The highest BCUT2D eigenvalue weighted by molar-refractivity contribution is 5.81. The first-order valence-electron chi connectivity index (χ1n) is 10.7. The Labute approximate surface area is 173 Å². The molecule has 3 rings (SSSR count). The van der Waals surface area contributed by atoms with Crippen molar-refractivity contribution >= 4 is 11.2 Å². The number of pyridine rings is 1. The van der Waals surface area contributed by atoms with Gasteiger partial charge < -0.3 is 14.4 Å². The van der Waals surface area contributed by atoms with E-state index in [2.05, 4.69) is 32.0 Å². The summed E-state index contributed by atoms with van der Waals surface area (Å²) in [5, 5.41) is 9.90. The molecule has 1 atom stereocenters. The molecule has 3 aromatic rings. The normalized spacial score (nSPS) is 12.5. The van der Waals surface area contributed by atoms with E-state index in [1.807, 2.05) is 30.7 Å². The molecule has 0 fully saturated rings. The molecule has 0 aliphatic heterocycles. The van der Waals surface area contributed by atoms with Gasteiger partial charge in [0.2, 0.25) is 5.88 Å². The summed E-state index contributed by atoms with van der Waals surface area (Å²) in [6, 6.07) is 3.95. The van der Waals surface area contributed by atoms with Crippen molar-refractivity contribution in [3.8, 4) is 17.1 Å². The molecular formula is C23H32N4O2. The van der Waals surface area contributed by atoms with Crippen molar-refractivity contribution in [3.05, 3.63) is 35.3 Å². The van der Waals surface area contributed by atoms with Gasteiger partial charge in [0.15, 0.2) is 5.65 Å². The average molecular weight is 397 g/mol. The Hall–Kier alpha value is -2.47. The minimum absolute atomic E-state index is 0.0897. The molecule has 0 saturated heterocycles. The van der Waals surface area contributed by atoms with Crippen LogP contribution in [0.5, 0.6) is 5.88 Å². The first-order valence-corrected chi connectivity index (χ1v) is 10.7. The average Bonchev–Trinajstić information content (AvgIpc) is 3.06. The van der Waals surface area contributed by atoms with Crippen molar-refractivity contribution in [2.24, 2.45) is 7.05 Å². The van der Waals surface area contributed by atoms with Gasteiger partial charge >= 0.3 is 0 Å². The molecule has 6 heteroatoms. The molecule has 0 bridgehead atoms. The third-order valence-electron chi connectivity index (χ3n) is 5.35. The smallest absolute Gasteiger partial charge is 0.213 e. The number of aryl methyl sites for hydroxylation is 3. The lowest BCUT2D eigenvalue weighted by atomic mass is 9.97. The van der Waals surface area contributed by atoms with Crippen molar-refractivity contribution in [3.63, 3.8) is 0 Å². The second-order valence-electron chi connectivity index (χ2n) is 7.34. The van der Waals surface area contributed by atoms with E-state index >= 15 is 0 Å². The zero-order chi connectivity index (χ0) is 21.0. The lowest BCUT2D eigenvalue weighted by molar-refractivity contribution is 0.259. The van der Waals surface area contributed by atoms with Crippen molar-refractivity contribution in [2.75, 3.05) is 13.2 Å². The zero-order valence-corrected chi connectivity index (χ0v) is 18.2. The summed E-state index contributed by atoms with van der Waals surface area (Å²) in [5.41, 5.74) is 6.65. The Morgan fingerprint density at radius 1 is 1.03 bits per heavy atom. The number of aliphatic hydroxyl groups excluding tert-OH is 1. The van der Waals surface area contributed by atoms with E-state index in [-0.39, 0.29) is 12.5 Å². The minimum atomic E-state index is 0.0897. The van der Waals surface area contributed by atoms with E-state index in [4.69, 9.17) is 14.7 Å². The lowest BCUT2D eigenvalue weighted by Crippen LogP contribution is -2.06. The van der Waals surface area contributed by atoms with Gasteiger partial charge in [-0.25, -0.2) is 15.0 Å². The number of hydrogen-bond acceptors (Lipinski definition) is 5. The van der Waals surface area contributed by atoms with Gasteiger partial charge in [0.1, 0.15) is 5.52 Å². The van der Waals surface area contributed by atoms with Crippen LogP contribution in [0.3, 0.4) is 0 Å². The van der Waals surface area contributed by atoms with Gasteiger partial charge in [0.25, 0.3) is 0 Å². The summed E-state index contributed by atoms with van der Waals surface area (Å²) in [6.07, 6.45) is 5.59. The molecule has 3 aromatic heterocycles. The van der Waals surface area contributed by atoms with Crippen LogP contribution in [-0.2, 0) is 19.9 Å². The summed E-state index contributed by atoms with van der Waals surface area (Å²) in [7, 11) is 1.99. The molecule has 0 aliphatic carbocycles. The second-order valence-corrected chi connectivity index (χ2v) is 7.34. The number of aromatic nitrogens is 4. The fourth-order valence-electron chi connectivity index (χ4n) is 3.88. The van der Waals surface area contributed by atoms with Crippen LogP contribution in [0.25, 0.3) is 22.4 Å². The molecule has 0 spiro atoms. The van der Waals surface area contributed by atoms with Crippen molar-refractivity contribution in [2.45, 2.75) is 59.3 Å². The van der Waals surface area contributed by atoms with Crippen LogP contribution in [0, 0.1) is 0 Å². The molecular weight excluding hydrogens is 364 g/mol. The molecule has 0 saturated carbocycles. The van der Waals surface area contributed by atoms with Gasteiger partial charge in [-0.05, 0) is 32.3 Å². The fourth-order valence-corrected chi connectivity index (χ4v) is 3.88. The van der Waals surface area contributed by atoms with E-state index in [0.717, 1.165) is 65.1 Å². The Balaban J connectivity index is 2.19. The van der Waals surface area contributed by atoms with E-state index in [1.165, 1.54) is 0 Å². The van der Waals surface area contributed by atoms with E-state index in [0.29, 0.717) is 12.5 Å². The lowest BCUT2D eigenvalue weighted by Gasteiger charge is -2.14. The van der Waals surface area contributed by atoms with Crippen molar-refractivity contribution in [1.82, 2.24) is 19.5 Å². The molecule has 0 aromatic carbocycles. The van der Waals surface area contributed by atoms with Gasteiger partial charge in [-0.1, -0.05) is 27.2 Å². The zero-order valence-electron chi connectivity index (χ0n) is 18.2.